The van der Waals surface area contributed by atoms with Crippen LogP contribution in [0.5, 0.6) is 0 Å². The fourth-order valence-electron chi connectivity index (χ4n) is 0.615. The number of rotatable bonds is 5. The molecule has 0 aromatic carbocycles. The smallest absolute Gasteiger partial charge is 0.357 e. The van der Waals surface area contributed by atoms with Gasteiger partial charge in [0.05, 0.1) is 6.67 Å². The van der Waals surface area contributed by atoms with E-state index >= 15 is 0 Å². The van der Waals surface area contributed by atoms with Crippen molar-refractivity contribution in [2.45, 2.75) is 26.1 Å². The Bertz CT molecular complexity index is 259. The molecule has 1 N–H and O–H groups in total. The summed E-state index contributed by atoms with van der Waals surface area (Å²) in [5, 5.41) is 2.77. The summed E-state index contributed by atoms with van der Waals surface area (Å²) in [6.07, 6.45) is 0.115. The van der Waals surface area contributed by atoms with Crippen LogP contribution in [0.25, 0.3) is 0 Å². The highest BCUT2D eigenvalue weighted by atomic mass is 35.5. The Kier molecular flexibility index (Phi) is 8.87. The van der Waals surface area contributed by atoms with E-state index in [1.807, 2.05) is 0 Å². The average Bonchev–Trinajstić information content (AvgIpc) is 2.16. The van der Waals surface area contributed by atoms with Crippen molar-refractivity contribution in [3.05, 3.63) is 0 Å². The maximum absolute atomic E-state index is 13.2. The SMILES string of the molecule is CN(OC(=O)C(=O)NCCCF)C(C)(C)F.Cl. The molecular weight excluding hydrogens is 258 g/mol. The second-order valence-electron chi connectivity index (χ2n) is 3.58. The van der Waals surface area contributed by atoms with E-state index in [0.717, 1.165) is 0 Å². The van der Waals surface area contributed by atoms with Gasteiger partial charge in [-0.2, -0.15) is 0 Å². The number of carbonyl (C=O) groups excluding carboxylic acids is 2. The fourth-order valence-corrected chi connectivity index (χ4v) is 0.615. The predicted octanol–water partition coefficient (Wildman–Crippen LogP) is 0.980. The van der Waals surface area contributed by atoms with Crippen LogP contribution in [0, 0.1) is 0 Å². The van der Waals surface area contributed by atoms with Crippen LogP contribution in [0.2, 0.25) is 0 Å². The Morgan fingerprint density at radius 3 is 2.35 bits per heavy atom. The van der Waals surface area contributed by atoms with E-state index in [1.165, 1.54) is 20.9 Å². The Morgan fingerprint density at radius 2 is 1.94 bits per heavy atom. The maximum Gasteiger partial charge on any atom is 0.415 e. The number of alkyl halides is 2. The van der Waals surface area contributed by atoms with Crippen LogP contribution < -0.4 is 5.32 Å². The minimum absolute atomic E-state index is 0. The topological polar surface area (TPSA) is 58.6 Å². The molecule has 17 heavy (non-hydrogen) atoms. The number of nitrogens with zero attached hydrogens (tertiary/aromatic N) is 1. The summed E-state index contributed by atoms with van der Waals surface area (Å²) in [6, 6.07) is 0. The van der Waals surface area contributed by atoms with Crippen LogP contribution in [0.1, 0.15) is 20.3 Å². The Balaban J connectivity index is 0. The van der Waals surface area contributed by atoms with Crippen molar-refractivity contribution >= 4 is 24.3 Å². The van der Waals surface area contributed by atoms with Gasteiger partial charge in [-0.1, -0.05) is 0 Å². The van der Waals surface area contributed by atoms with E-state index in [0.29, 0.717) is 5.06 Å². The monoisotopic (exact) mass is 274 g/mol. The number of nitrogens with one attached hydrogen (secondary N) is 1. The number of halogens is 3. The number of hydroxylamine groups is 2. The minimum Gasteiger partial charge on any atom is -0.357 e. The van der Waals surface area contributed by atoms with E-state index in [-0.39, 0.29) is 25.4 Å². The van der Waals surface area contributed by atoms with Crippen molar-refractivity contribution < 1.29 is 23.2 Å². The molecule has 0 aromatic rings. The first kappa shape index (κ1) is 18.4. The molecule has 0 atom stereocenters. The number of carbonyl (C=O) groups is 2. The molecule has 0 spiro atoms. The normalized spacial score (nSPS) is 10.7. The van der Waals surface area contributed by atoms with Crippen LogP contribution in [-0.2, 0) is 14.4 Å². The highest BCUT2D eigenvalue weighted by Crippen LogP contribution is 2.13. The zero-order chi connectivity index (χ0) is 12.8. The van der Waals surface area contributed by atoms with Crippen LogP contribution in [0.3, 0.4) is 0 Å². The first-order chi connectivity index (χ1) is 7.29. The van der Waals surface area contributed by atoms with Gasteiger partial charge in [-0.3, -0.25) is 9.18 Å². The summed E-state index contributed by atoms with van der Waals surface area (Å²) in [6.45, 7) is 1.78. The molecule has 0 saturated heterocycles. The molecule has 8 heteroatoms. The summed E-state index contributed by atoms with van der Waals surface area (Å²) in [5.74, 6) is -4.13. The van der Waals surface area contributed by atoms with Gasteiger partial charge in [0.2, 0.25) is 0 Å². The van der Waals surface area contributed by atoms with E-state index < -0.39 is 24.3 Å². The van der Waals surface area contributed by atoms with E-state index in [9.17, 15) is 18.4 Å². The lowest BCUT2D eigenvalue weighted by Gasteiger charge is -2.25. The molecule has 0 radical (unpaired) electrons. The first-order valence-electron chi connectivity index (χ1n) is 4.78. The highest BCUT2D eigenvalue weighted by molar-refractivity contribution is 6.32. The van der Waals surface area contributed by atoms with Crippen molar-refractivity contribution in [1.82, 2.24) is 10.4 Å². The summed E-state index contributed by atoms with van der Waals surface area (Å²) in [7, 11) is 1.19. The second kappa shape index (κ2) is 8.19. The molecule has 0 aromatic heterocycles. The van der Waals surface area contributed by atoms with Crippen LogP contribution in [0.15, 0.2) is 0 Å². The molecule has 0 bridgehead atoms. The largest absolute Gasteiger partial charge is 0.415 e. The summed E-state index contributed by atoms with van der Waals surface area (Å²) in [4.78, 5) is 26.5. The molecule has 5 nitrogen and oxygen atoms in total. The third kappa shape index (κ3) is 7.87. The van der Waals surface area contributed by atoms with Gasteiger partial charge in [-0.05, 0) is 20.3 Å². The third-order valence-corrected chi connectivity index (χ3v) is 1.75. The molecular formula is C9H17ClF2N2O3. The maximum atomic E-state index is 13.2. The lowest BCUT2D eigenvalue weighted by Crippen LogP contribution is -2.43. The molecule has 0 aliphatic carbocycles. The molecule has 0 saturated carbocycles. The molecule has 102 valence electrons. The van der Waals surface area contributed by atoms with Gasteiger partial charge < -0.3 is 10.2 Å². The van der Waals surface area contributed by atoms with Gasteiger partial charge in [0.15, 0.2) is 5.79 Å². The second-order valence-corrected chi connectivity index (χ2v) is 3.58. The lowest BCUT2D eigenvalue weighted by atomic mass is 10.3. The van der Waals surface area contributed by atoms with Crippen molar-refractivity contribution in [3.63, 3.8) is 0 Å². The molecule has 0 aliphatic heterocycles. The average molecular weight is 275 g/mol. The lowest BCUT2D eigenvalue weighted by molar-refractivity contribution is -0.230. The van der Waals surface area contributed by atoms with Crippen molar-refractivity contribution in [1.29, 1.82) is 0 Å². The van der Waals surface area contributed by atoms with Gasteiger partial charge in [-0.25, -0.2) is 9.18 Å². The molecule has 1 amide bonds. The van der Waals surface area contributed by atoms with Gasteiger partial charge in [0, 0.05) is 13.6 Å². The van der Waals surface area contributed by atoms with Crippen LogP contribution in [-0.4, -0.2) is 43.0 Å². The van der Waals surface area contributed by atoms with Gasteiger partial charge in [0.25, 0.3) is 0 Å². The van der Waals surface area contributed by atoms with E-state index in [2.05, 4.69) is 10.2 Å². The van der Waals surface area contributed by atoms with Gasteiger partial charge >= 0.3 is 11.9 Å². The number of hydrogen-bond acceptors (Lipinski definition) is 4. The van der Waals surface area contributed by atoms with Gasteiger partial charge in [0.1, 0.15) is 0 Å². The van der Waals surface area contributed by atoms with E-state index in [1.54, 1.807) is 0 Å². The molecule has 0 fully saturated rings. The number of amides is 1. The standard InChI is InChI=1S/C9H16F2N2O3.ClH/c1-9(2,11)13(3)16-8(15)7(14)12-6-4-5-10;/h4-6H2,1-3H3,(H,12,14);1H. The first-order valence-corrected chi connectivity index (χ1v) is 4.78. The molecule has 0 aliphatic rings. The minimum atomic E-state index is -1.88. The molecule has 0 rings (SSSR count). The summed E-state index contributed by atoms with van der Waals surface area (Å²) in [5.41, 5.74) is 0. The number of hydrogen-bond donors (Lipinski definition) is 1. The Labute approximate surface area is 105 Å². The van der Waals surface area contributed by atoms with Crippen molar-refractivity contribution in [2.24, 2.45) is 0 Å². The van der Waals surface area contributed by atoms with E-state index in [4.69, 9.17) is 0 Å². The zero-order valence-electron chi connectivity index (χ0n) is 9.96. The van der Waals surface area contributed by atoms with Crippen molar-refractivity contribution in [3.8, 4) is 0 Å². The molecule has 0 heterocycles. The van der Waals surface area contributed by atoms with Crippen LogP contribution >= 0.6 is 12.4 Å². The summed E-state index contributed by atoms with van der Waals surface area (Å²) >= 11 is 0. The van der Waals surface area contributed by atoms with Crippen LogP contribution in [0.4, 0.5) is 8.78 Å². The third-order valence-electron chi connectivity index (χ3n) is 1.75. The quantitative estimate of drug-likeness (QED) is 0.351. The Morgan fingerprint density at radius 1 is 1.41 bits per heavy atom. The zero-order valence-corrected chi connectivity index (χ0v) is 10.8. The summed E-state index contributed by atoms with van der Waals surface area (Å²) < 4.78 is 24.9. The van der Waals surface area contributed by atoms with Crippen molar-refractivity contribution in [2.75, 3.05) is 20.3 Å². The molecule has 0 unspecified atom stereocenters. The fraction of sp³-hybridized carbons (Fsp3) is 0.778. The highest BCUT2D eigenvalue weighted by Gasteiger charge is 2.28. The van der Waals surface area contributed by atoms with Gasteiger partial charge in [-0.15, -0.1) is 17.5 Å². The Hall–Kier alpha value is -0.950. The predicted molar refractivity (Wildman–Crippen MR) is 59.9 cm³/mol.